The van der Waals surface area contributed by atoms with Gasteiger partial charge >= 0.3 is 0 Å². The van der Waals surface area contributed by atoms with Gasteiger partial charge < -0.3 is 9.84 Å². The van der Waals surface area contributed by atoms with Gasteiger partial charge in [-0.3, -0.25) is 4.98 Å². The Hall–Kier alpha value is -2.46. The van der Waals surface area contributed by atoms with Crippen LogP contribution in [0.1, 0.15) is 11.3 Å². The van der Waals surface area contributed by atoms with Gasteiger partial charge in [0.15, 0.2) is 0 Å². The SMILES string of the molecule is OCc1cc(OCc2ccccc2F)c2ccccc2n1. The first-order valence-corrected chi connectivity index (χ1v) is 6.63. The lowest BCUT2D eigenvalue weighted by molar-refractivity contribution is 0.273. The number of rotatable bonds is 4. The molecule has 21 heavy (non-hydrogen) atoms. The Bertz CT molecular complexity index is 774. The van der Waals surface area contributed by atoms with E-state index < -0.39 is 0 Å². The van der Waals surface area contributed by atoms with Crippen molar-refractivity contribution in [3.8, 4) is 5.75 Å². The maximum Gasteiger partial charge on any atom is 0.131 e. The summed E-state index contributed by atoms with van der Waals surface area (Å²) in [5.74, 6) is 0.297. The van der Waals surface area contributed by atoms with Crippen molar-refractivity contribution in [2.24, 2.45) is 0 Å². The van der Waals surface area contributed by atoms with E-state index >= 15 is 0 Å². The number of hydrogen-bond donors (Lipinski definition) is 1. The lowest BCUT2D eigenvalue weighted by atomic mass is 10.2. The third-order valence-corrected chi connectivity index (χ3v) is 3.23. The first kappa shape index (κ1) is 13.5. The summed E-state index contributed by atoms with van der Waals surface area (Å²) in [4.78, 5) is 4.32. The maximum atomic E-state index is 13.6. The number of hydrogen-bond acceptors (Lipinski definition) is 3. The molecule has 0 atom stereocenters. The summed E-state index contributed by atoms with van der Waals surface area (Å²) >= 11 is 0. The molecular formula is C17H14FNO2. The van der Waals surface area contributed by atoms with Crippen LogP contribution >= 0.6 is 0 Å². The number of aromatic nitrogens is 1. The van der Waals surface area contributed by atoms with Crippen LogP contribution in [0.2, 0.25) is 0 Å². The quantitative estimate of drug-likeness (QED) is 0.797. The standard InChI is InChI=1S/C17H14FNO2/c18-15-7-3-1-5-12(15)11-21-17-9-13(10-20)19-16-8-4-2-6-14(16)17/h1-9,20H,10-11H2. The monoisotopic (exact) mass is 283 g/mol. The fourth-order valence-corrected chi connectivity index (χ4v) is 2.17. The van der Waals surface area contributed by atoms with E-state index in [4.69, 9.17) is 4.74 Å². The molecule has 2 aromatic carbocycles. The lowest BCUT2D eigenvalue weighted by Gasteiger charge is -2.11. The summed E-state index contributed by atoms with van der Waals surface area (Å²) in [7, 11) is 0. The van der Waals surface area contributed by atoms with Gasteiger partial charge in [0.1, 0.15) is 18.2 Å². The van der Waals surface area contributed by atoms with Crippen molar-refractivity contribution in [3.63, 3.8) is 0 Å². The molecule has 0 unspecified atom stereocenters. The van der Waals surface area contributed by atoms with Gasteiger partial charge in [0.05, 0.1) is 17.8 Å². The molecule has 3 aromatic rings. The van der Waals surface area contributed by atoms with Crippen molar-refractivity contribution in [2.45, 2.75) is 13.2 Å². The summed E-state index contributed by atoms with van der Waals surface area (Å²) in [6, 6.07) is 15.7. The normalized spacial score (nSPS) is 10.8. The van der Waals surface area contributed by atoms with Gasteiger partial charge in [0.2, 0.25) is 0 Å². The van der Waals surface area contributed by atoms with Crippen LogP contribution in [0.4, 0.5) is 4.39 Å². The van der Waals surface area contributed by atoms with Crippen LogP contribution in [0.3, 0.4) is 0 Å². The zero-order valence-corrected chi connectivity index (χ0v) is 11.3. The number of aliphatic hydroxyl groups is 1. The Labute approximate surface area is 121 Å². The molecule has 3 nitrogen and oxygen atoms in total. The highest BCUT2D eigenvalue weighted by Gasteiger charge is 2.08. The largest absolute Gasteiger partial charge is 0.488 e. The molecule has 1 heterocycles. The van der Waals surface area contributed by atoms with Crippen molar-refractivity contribution >= 4 is 10.9 Å². The van der Waals surface area contributed by atoms with E-state index in [1.807, 2.05) is 24.3 Å². The molecular weight excluding hydrogens is 269 g/mol. The van der Waals surface area contributed by atoms with Crippen molar-refractivity contribution < 1.29 is 14.2 Å². The lowest BCUT2D eigenvalue weighted by Crippen LogP contribution is -2.00. The highest BCUT2D eigenvalue weighted by atomic mass is 19.1. The topological polar surface area (TPSA) is 42.4 Å². The molecule has 0 aliphatic carbocycles. The van der Waals surface area contributed by atoms with Gasteiger partial charge in [0.25, 0.3) is 0 Å². The molecule has 0 aliphatic heterocycles. The zero-order valence-electron chi connectivity index (χ0n) is 11.3. The zero-order chi connectivity index (χ0) is 14.7. The van der Waals surface area contributed by atoms with E-state index in [2.05, 4.69) is 4.98 Å². The molecule has 0 saturated carbocycles. The van der Waals surface area contributed by atoms with Crippen molar-refractivity contribution in [2.75, 3.05) is 0 Å². The molecule has 106 valence electrons. The number of halogens is 1. The summed E-state index contributed by atoms with van der Waals surface area (Å²) in [6.07, 6.45) is 0. The molecule has 0 amide bonds. The summed E-state index contributed by atoms with van der Waals surface area (Å²) < 4.78 is 19.4. The number of nitrogens with zero attached hydrogens (tertiary/aromatic N) is 1. The summed E-state index contributed by atoms with van der Waals surface area (Å²) in [5.41, 5.74) is 1.76. The molecule has 0 spiro atoms. The van der Waals surface area contributed by atoms with Gasteiger partial charge in [-0.25, -0.2) is 4.39 Å². The van der Waals surface area contributed by atoms with E-state index in [0.29, 0.717) is 17.0 Å². The molecule has 3 rings (SSSR count). The minimum absolute atomic E-state index is 0.131. The number of pyridine rings is 1. The molecule has 0 radical (unpaired) electrons. The average molecular weight is 283 g/mol. The van der Waals surface area contributed by atoms with Gasteiger partial charge in [-0.15, -0.1) is 0 Å². The number of benzene rings is 2. The Kier molecular flexibility index (Phi) is 3.79. The highest BCUT2D eigenvalue weighted by molar-refractivity contribution is 5.85. The third kappa shape index (κ3) is 2.85. The Balaban J connectivity index is 1.94. The van der Waals surface area contributed by atoms with Crippen LogP contribution in [0.25, 0.3) is 10.9 Å². The second kappa shape index (κ2) is 5.89. The van der Waals surface area contributed by atoms with E-state index in [1.54, 1.807) is 24.3 Å². The maximum absolute atomic E-state index is 13.6. The van der Waals surface area contributed by atoms with E-state index in [9.17, 15) is 9.50 Å². The van der Waals surface area contributed by atoms with Gasteiger partial charge in [-0.2, -0.15) is 0 Å². The van der Waals surface area contributed by atoms with Crippen LogP contribution in [-0.4, -0.2) is 10.1 Å². The fourth-order valence-electron chi connectivity index (χ4n) is 2.17. The second-order valence-corrected chi connectivity index (χ2v) is 4.67. The number of para-hydroxylation sites is 1. The number of aliphatic hydroxyl groups excluding tert-OH is 1. The first-order valence-electron chi connectivity index (χ1n) is 6.63. The van der Waals surface area contributed by atoms with Gasteiger partial charge in [-0.1, -0.05) is 30.3 Å². The third-order valence-electron chi connectivity index (χ3n) is 3.23. The van der Waals surface area contributed by atoms with Crippen LogP contribution in [0.5, 0.6) is 5.75 Å². The molecule has 0 saturated heterocycles. The van der Waals surface area contributed by atoms with Crippen molar-refractivity contribution in [1.82, 2.24) is 4.98 Å². The molecule has 4 heteroatoms. The molecule has 0 aliphatic rings. The van der Waals surface area contributed by atoms with Gasteiger partial charge in [0, 0.05) is 17.0 Å². The van der Waals surface area contributed by atoms with E-state index in [-0.39, 0.29) is 19.0 Å². The second-order valence-electron chi connectivity index (χ2n) is 4.67. The molecule has 1 aromatic heterocycles. The predicted molar refractivity (Wildman–Crippen MR) is 78.4 cm³/mol. The average Bonchev–Trinajstić information content (AvgIpc) is 2.53. The Morgan fingerprint density at radius 2 is 1.81 bits per heavy atom. The van der Waals surface area contributed by atoms with Crippen LogP contribution < -0.4 is 4.74 Å². The van der Waals surface area contributed by atoms with E-state index in [1.165, 1.54) is 6.07 Å². The summed E-state index contributed by atoms with van der Waals surface area (Å²) in [5, 5.41) is 10.1. The van der Waals surface area contributed by atoms with Crippen molar-refractivity contribution in [1.29, 1.82) is 0 Å². The minimum Gasteiger partial charge on any atom is -0.488 e. The first-order chi connectivity index (χ1) is 10.3. The molecule has 1 N–H and O–H groups in total. The van der Waals surface area contributed by atoms with Crippen LogP contribution in [-0.2, 0) is 13.2 Å². The predicted octanol–water partition coefficient (Wildman–Crippen LogP) is 3.45. The molecule has 0 bridgehead atoms. The Morgan fingerprint density at radius 3 is 2.62 bits per heavy atom. The number of ether oxygens (including phenoxy) is 1. The van der Waals surface area contributed by atoms with Gasteiger partial charge in [-0.05, 0) is 18.2 Å². The highest BCUT2D eigenvalue weighted by Crippen LogP contribution is 2.26. The molecule has 0 fully saturated rings. The Morgan fingerprint density at radius 1 is 1.05 bits per heavy atom. The minimum atomic E-state index is -0.293. The number of fused-ring (bicyclic) bond motifs is 1. The van der Waals surface area contributed by atoms with Crippen LogP contribution in [0, 0.1) is 5.82 Å². The fraction of sp³-hybridized carbons (Fsp3) is 0.118. The van der Waals surface area contributed by atoms with Crippen molar-refractivity contribution in [3.05, 3.63) is 71.7 Å². The van der Waals surface area contributed by atoms with E-state index in [0.717, 1.165) is 10.9 Å². The summed E-state index contributed by atoms with van der Waals surface area (Å²) in [6.45, 7) is -0.0353. The smallest absolute Gasteiger partial charge is 0.131 e. The van der Waals surface area contributed by atoms with Crippen LogP contribution in [0.15, 0.2) is 54.6 Å².